The molecule has 0 radical (unpaired) electrons. The summed E-state index contributed by atoms with van der Waals surface area (Å²) in [4.78, 5) is 23.6. The molecule has 142 valence electrons. The number of thiocarbonyl (C=S) groups is 1. The SMILES string of the molecule is CCCC(=O)Nc1ccc(NC(=S)NC(=O)CCc2ccccc2Cl)cc1. The van der Waals surface area contributed by atoms with Crippen LogP contribution in [0.3, 0.4) is 0 Å². The van der Waals surface area contributed by atoms with E-state index >= 15 is 0 Å². The third-order valence-electron chi connectivity index (χ3n) is 3.74. The minimum absolute atomic E-state index is 0.0143. The highest BCUT2D eigenvalue weighted by Gasteiger charge is 2.07. The number of carbonyl (C=O) groups excluding carboxylic acids is 2. The lowest BCUT2D eigenvalue weighted by atomic mass is 10.1. The van der Waals surface area contributed by atoms with Crippen molar-refractivity contribution < 1.29 is 9.59 Å². The minimum atomic E-state index is -0.184. The Bertz CT molecular complexity index is 809. The highest BCUT2D eigenvalue weighted by molar-refractivity contribution is 7.80. The number of nitrogens with one attached hydrogen (secondary N) is 3. The first-order chi connectivity index (χ1) is 13.0. The predicted octanol–water partition coefficient (Wildman–Crippen LogP) is 4.52. The number of amides is 2. The van der Waals surface area contributed by atoms with Crippen LogP contribution < -0.4 is 16.0 Å². The van der Waals surface area contributed by atoms with E-state index in [-0.39, 0.29) is 23.3 Å². The summed E-state index contributed by atoms with van der Waals surface area (Å²) in [6.07, 6.45) is 2.12. The number of rotatable bonds is 7. The van der Waals surface area contributed by atoms with Crippen LogP contribution in [0.1, 0.15) is 31.7 Å². The second-order valence-corrected chi connectivity index (χ2v) is 6.78. The third kappa shape index (κ3) is 7.37. The first-order valence-corrected chi connectivity index (χ1v) is 9.50. The Hall–Kier alpha value is -2.44. The first-order valence-electron chi connectivity index (χ1n) is 8.72. The Balaban J connectivity index is 1.78. The summed E-state index contributed by atoms with van der Waals surface area (Å²) in [6, 6.07) is 14.6. The van der Waals surface area contributed by atoms with E-state index in [0.29, 0.717) is 23.6 Å². The highest BCUT2D eigenvalue weighted by atomic mass is 35.5. The molecule has 0 atom stereocenters. The third-order valence-corrected chi connectivity index (χ3v) is 4.31. The lowest BCUT2D eigenvalue weighted by molar-refractivity contribution is -0.119. The maximum absolute atomic E-state index is 12.0. The maximum atomic E-state index is 12.0. The molecule has 5 nitrogen and oxygen atoms in total. The average molecular weight is 404 g/mol. The fraction of sp³-hybridized carbons (Fsp3) is 0.250. The molecule has 0 unspecified atom stereocenters. The number of benzene rings is 2. The van der Waals surface area contributed by atoms with Crippen molar-refractivity contribution in [2.45, 2.75) is 32.6 Å². The lowest BCUT2D eigenvalue weighted by Gasteiger charge is -2.11. The van der Waals surface area contributed by atoms with Crippen LogP contribution in [0, 0.1) is 0 Å². The molecule has 0 heterocycles. The second kappa shape index (κ2) is 10.6. The van der Waals surface area contributed by atoms with Crippen molar-refractivity contribution in [1.29, 1.82) is 0 Å². The van der Waals surface area contributed by atoms with E-state index in [9.17, 15) is 9.59 Å². The molecule has 0 aliphatic heterocycles. The highest BCUT2D eigenvalue weighted by Crippen LogP contribution is 2.16. The summed E-state index contributed by atoms with van der Waals surface area (Å²) in [6.45, 7) is 1.95. The van der Waals surface area contributed by atoms with Crippen molar-refractivity contribution in [3.63, 3.8) is 0 Å². The van der Waals surface area contributed by atoms with Gasteiger partial charge in [-0.05, 0) is 61.0 Å². The summed E-state index contributed by atoms with van der Waals surface area (Å²) >= 11 is 11.3. The molecule has 27 heavy (non-hydrogen) atoms. The molecule has 0 aromatic heterocycles. The van der Waals surface area contributed by atoms with Gasteiger partial charge in [-0.1, -0.05) is 36.7 Å². The Morgan fingerprint density at radius 3 is 2.19 bits per heavy atom. The number of halogens is 1. The number of carbonyl (C=O) groups is 2. The zero-order valence-corrected chi connectivity index (χ0v) is 16.6. The van der Waals surface area contributed by atoms with E-state index in [0.717, 1.165) is 17.7 Å². The molecular formula is C20H22ClN3O2S. The Kier molecular flexibility index (Phi) is 8.23. The fourth-order valence-electron chi connectivity index (χ4n) is 2.39. The summed E-state index contributed by atoms with van der Waals surface area (Å²) in [5.41, 5.74) is 2.36. The van der Waals surface area contributed by atoms with Gasteiger partial charge < -0.3 is 16.0 Å². The Morgan fingerprint density at radius 2 is 1.56 bits per heavy atom. The summed E-state index contributed by atoms with van der Waals surface area (Å²) in [5, 5.41) is 9.29. The van der Waals surface area contributed by atoms with Crippen LogP contribution >= 0.6 is 23.8 Å². The van der Waals surface area contributed by atoms with Crippen LogP contribution in [-0.2, 0) is 16.0 Å². The summed E-state index contributed by atoms with van der Waals surface area (Å²) < 4.78 is 0. The zero-order chi connectivity index (χ0) is 19.6. The minimum Gasteiger partial charge on any atom is -0.332 e. The van der Waals surface area contributed by atoms with Crippen LogP contribution in [-0.4, -0.2) is 16.9 Å². The fourth-order valence-corrected chi connectivity index (χ4v) is 2.85. The molecule has 2 amide bonds. The average Bonchev–Trinajstić information content (AvgIpc) is 2.63. The summed E-state index contributed by atoms with van der Waals surface area (Å²) in [5.74, 6) is -0.199. The molecule has 2 aromatic carbocycles. The molecule has 2 rings (SSSR count). The molecule has 0 aliphatic carbocycles. The number of aryl methyl sites for hydroxylation is 1. The molecule has 0 bridgehead atoms. The monoisotopic (exact) mass is 403 g/mol. The van der Waals surface area contributed by atoms with E-state index in [1.54, 1.807) is 30.3 Å². The molecule has 7 heteroatoms. The molecule has 0 aliphatic rings. The van der Waals surface area contributed by atoms with Gasteiger partial charge in [0.15, 0.2) is 5.11 Å². The van der Waals surface area contributed by atoms with Gasteiger partial charge in [0, 0.05) is 29.2 Å². The Labute approximate surface area is 169 Å². The molecule has 0 saturated heterocycles. The van der Waals surface area contributed by atoms with Crippen LogP contribution in [0.25, 0.3) is 0 Å². The van der Waals surface area contributed by atoms with Crippen LogP contribution in [0.15, 0.2) is 48.5 Å². The van der Waals surface area contributed by atoms with Crippen molar-refractivity contribution >= 4 is 52.1 Å². The first kappa shape index (κ1) is 20.9. The predicted molar refractivity (Wildman–Crippen MR) is 114 cm³/mol. The van der Waals surface area contributed by atoms with E-state index < -0.39 is 0 Å². The number of hydrogen-bond acceptors (Lipinski definition) is 3. The van der Waals surface area contributed by atoms with Gasteiger partial charge in [-0.15, -0.1) is 0 Å². The zero-order valence-electron chi connectivity index (χ0n) is 15.0. The molecule has 0 saturated carbocycles. The van der Waals surface area contributed by atoms with Crippen LogP contribution in [0.2, 0.25) is 5.02 Å². The smallest absolute Gasteiger partial charge is 0.226 e. The van der Waals surface area contributed by atoms with Gasteiger partial charge in [0.25, 0.3) is 0 Å². The lowest BCUT2D eigenvalue weighted by Crippen LogP contribution is -2.34. The topological polar surface area (TPSA) is 70.2 Å². The second-order valence-electron chi connectivity index (χ2n) is 5.97. The Morgan fingerprint density at radius 1 is 0.926 bits per heavy atom. The van der Waals surface area contributed by atoms with Crippen molar-refractivity contribution in [1.82, 2.24) is 5.32 Å². The maximum Gasteiger partial charge on any atom is 0.226 e. The van der Waals surface area contributed by atoms with Gasteiger partial charge in [-0.2, -0.15) is 0 Å². The molecule has 3 N–H and O–H groups in total. The van der Waals surface area contributed by atoms with Gasteiger partial charge in [-0.3, -0.25) is 9.59 Å². The van der Waals surface area contributed by atoms with Crippen molar-refractivity contribution in [3.05, 3.63) is 59.1 Å². The summed E-state index contributed by atoms with van der Waals surface area (Å²) in [7, 11) is 0. The largest absolute Gasteiger partial charge is 0.332 e. The van der Waals surface area contributed by atoms with Gasteiger partial charge in [0.1, 0.15) is 0 Å². The van der Waals surface area contributed by atoms with Gasteiger partial charge in [0.05, 0.1) is 0 Å². The van der Waals surface area contributed by atoms with E-state index in [2.05, 4.69) is 16.0 Å². The molecule has 0 fully saturated rings. The number of hydrogen-bond donors (Lipinski definition) is 3. The van der Waals surface area contributed by atoms with Crippen molar-refractivity contribution in [2.75, 3.05) is 10.6 Å². The van der Waals surface area contributed by atoms with Gasteiger partial charge in [-0.25, -0.2) is 0 Å². The van der Waals surface area contributed by atoms with Crippen molar-refractivity contribution in [2.24, 2.45) is 0 Å². The van der Waals surface area contributed by atoms with Crippen molar-refractivity contribution in [3.8, 4) is 0 Å². The van der Waals surface area contributed by atoms with E-state index in [4.69, 9.17) is 23.8 Å². The van der Waals surface area contributed by atoms with Gasteiger partial charge in [0.2, 0.25) is 11.8 Å². The molecule has 2 aromatic rings. The quantitative estimate of drug-likeness (QED) is 0.594. The molecule has 0 spiro atoms. The standard InChI is InChI=1S/C20H22ClN3O2S/c1-2-5-18(25)22-15-9-11-16(12-10-15)23-20(27)24-19(26)13-8-14-6-3-4-7-17(14)21/h3-4,6-7,9-12H,2,5,8,13H2,1H3,(H,22,25)(H2,23,24,26,27). The van der Waals surface area contributed by atoms with E-state index in [1.807, 2.05) is 25.1 Å². The normalized spacial score (nSPS) is 10.1. The number of anilines is 2. The molecular weight excluding hydrogens is 382 g/mol. The van der Waals surface area contributed by atoms with E-state index in [1.165, 1.54) is 0 Å². The van der Waals surface area contributed by atoms with Gasteiger partial charge >= 0.3 is 0 Å². The van der Waals surface area contributed by atoms with Crippen LogP contribution in [0.4, 0.5) is 11.4 Å². The van der Waals surface area contributed by atoms with Crippen LogP contribution in [0.5, 0.6) is 0 Å².